The highest BCUT2D eigenvalue weighted by molar-refractivity contribution is 9.10. The Balaban J connectivity index is 1.84. The molecular formula is C22H24BrN3O5. The van der Waals surface area contributed by atoms with E-state index in [9.17, 15) is 9.59 Å². The maximum Gasteiger partial charge on any atom is 0.271 e. The first-order valence-corrected chi connectivity index (χ1v) is 10.6. The van der Waals surface area contributed by atoms with Crippen LogP contribution in [-0.2, 0) is 11.2 Å². The normalized spacial score (nSPS) is 12.1. The summed E-state index contributed by atoms with van der Waals surface area (Å²) in [5.74, 6) is 1.26. The molecule has 3 rings (SSSR count). The Morgan fingerprint density at radius 2 is 2.03 bits per heavy atom. The number of carbonyl (C=O) groups excluding carboxylic acids is 2. The van der Waals surface area contributed by atoms with Gasteiger partial charge in [0.25, 0.3) is 5.91 Å². The lowest BCUT2D eigenvalue weighted by atomic mass is 10.0. The number of likely N-dealkylation sites (N-methyl/N-ethyl adjacent to an activating group) is 1. The highest BCUT2D eigenvalue weighted by Crippen LogP contribution is 2.44. The number of rotatable bonds is 8. The standard InChI is InChI=1S/C22H24BrN3O5/c1-4-19(27)26(2)10-9-15-11-18-21(31-13-30-18)20(29-3)17(15)12-24-25-22(28)14-5-7-16(23)8-6-14/h5-8,11-12H,4,9-10,13H2,1-3H3,(H,25,28). The van der Waals surface area contributed by atoms with Crippen LogP contribution in [-0.4, -0.2) is 50.4 Å². The van der Waals surface area contributed by atoms with E-state index in [1.165, 1.54) is 13.3 Å². The van der Waals surface area contributed by atoms with E-state index >= 15 is 0 Å². The van der Waals surface area contributed by atoms with Gasteiger partial charge >= 0.3 is 0 Å². The molecule has 0 spiro atoms. The minimum Gasteiger partial charge on any atom is -0.492 e. The maximum atomic E-state index is 12.3. The number of ether oxygens (including phenoxy) is 3. The molecule has 31 heavy (non-hydrogen) atoms. The van der Waals surface area contributed by atoms with E-state index < -0.39 is 0 Å². The van der Waals surface area contributed by atoms with E-state index in [4.69, 9.17) is 14.2 Å². The van der Waals surface area contributed by atoms with Crippen LogP contribution in [0, 0.1) is 0 Å². The number of benzene rings is 2. The van der Waals surface area contributed by atoms with Crippen LogP contribution >= 0.6 is 15.9 Å². The van der Waals surface area contributed by atoms with Gasteiger partial charge in [0.15, 0.2) is 11.5 Å². The van der Waals surface area contributed by atoms with E-state index in [2.05, 4.69) is 26.5 Å². The van der Waals surface area contributed by atoms with E-state index in [0.717, 1.165) is 10.0 Å². The van der Waals surface area contributed by atoms with Crippen molar-refractivity contribution < 1.29 is 23.8 Å². The Bertz CT molecular complexity index is 992. The average Bonchev–Trinajstić information content (AvgIpc) is 3.25. The number of hydrazone groups is 1. The van der Waals surface area contributed by atoms with Crippen LogP contribution in [0.5, 0.6) is 17.2 Å². The third kappa shape index (κ3) is 5.35. The fraction of sp³-hybridized carbons (Fsp3) is 0.318. The number of methoxy groups -OCH3 is 1. The van der Waals surface area contributed by atoms with Crippen molar-refractivity contribution in [2.75, 3.05) is 27.5 Å². The zero-order chi connectivity index (χ0) is 22.4. The molecule has 0 saturated carbocycles. The Labute approximate surface area is 189 Å². The summed E-state index contributed by atoms with van der Waals surface area (Å²) < 4.78 is 17.5. The van der Waals surface area contributed by atoms with Crippen LogP contribution in [0.2, 0.25) is 0 Å². The molecular weight excluding hydrogens is 466 g/mol. The van der Waals surface area contributed by atoms with Crippen molar-refractivity contribution in [3.05, 3.63) is 51.5 Å². The summed E-state index contributed by atoms with van der Waals surface area (Å²) in [5.41, 5.74) is 4.53. The molecule has 2 aromatic rings. The van der Waals surface area contributed by atoms with Crippen LogP contribution < -0.4 is 19.6 Å². The number of halogens is 1. The highest BCUT2D eigenvalue weighted by Gasteiger charge is 2.25. The first kappa shape index (κ1) is 22.6. The maximum absolute atomic E-state index is 12.3. The molecule has 8 nitrogen and oxygen atoms in total. The molecule has 0 radical (unpaired) electrons. The molecule has 1 N–H and O–H groups in total. The van der Waals surface area contributed by atoms with Crippen molar-refractivity contribution in [3.8, 4) is 17.2 Å². The SMILES string of the molecule is CCC(=O)N(C)CCc1cc2c(c(OC)c1C=NNC(=O)c1ccc(Br)cc1)OCO2. The lowest BCUT2D eigenvalue weighted by molar-refractivity contribution is -0.129. The Kier molecular flexibility index (Phi) is 7.51. The summed E-state index contributed by atoms with van der Waals surface area (Å²) in [7, 11) is 3.30. The van der Waals surface area contributed by atoms with Gasteiger partial charge in [-0.15, -0.1) is 0 Å². The highest BCUT2D eigenvalue weighted by atomic mass is 79.9. The van der Waals surface area contributed by atoms with Gasteiger partial charge in [-0.25, -0.2) is 5.43 Å². The van der Waals surface area contributed by atoms with E-state index in [0.29, 0.717) is 47.8 Å². The summed E-state index contributed by atoms with van der Waals surface area (Å²) in [6.45, 7) is 2.44. The molecule has 1 aliphatic rings. The molecule has 0 saturated heterocycles. The predicted octanol–water partition coefficient (Wildman–Crippen LogP) is 3.36. The lowest BCUT2D eigenvalue weighted by Crippen LogP contribution is -2.28. The van der Waals surface area contributed by atoms with E-state index in [1.54, 1.807) is 36.2 Å². The molecule has 0 unspecified atom stereocenters. The van der Waals surface area contributed by atoms with Gasteiger partial charge in [0.1, 0.15) is 0 Å². The molecule has 164 valence electrons. The van der Waals surface area contributed by atoms with E-state index in [-0.39, 0.29) is 18.6 Å². The lowest BCUT2D eigenvalue weighted by Gasteiger charge is -2.18. The van der Waals surface area contributed by atoms with Crippen molar-refractivity contribution >= 4 is 34.0 Å². The molecule has 1 aliphatic heterocycles. The van der Waals surface area contributed by atoms with Crippen molar-refractivity contribution in [3.63, 3.8) is 0 Å². The van der Waals surface area contributed by atoms with Crippen molar-refractivity contribution in [1.82, 2.24) is 10.3 Å². The van der Waals surface area contributed by atoms with Crippen LogP contribution in [0.25, 0.3) is 0 Å². The summed E-state index contributed by atoms with van der Waals surface area (Å²) in [6.07, 6.45) is 2.52. The number of hydrogen-bond donors (Lipinski definition) is 1. The quantitative estimate of drug-likeness (QED) is 0.453. The summed E-state index contributed by atoms with van der Waals surface area (Å²) >= 11 is 3.34. The molecule has 0 aliphatic carbocycles. The zero-order valence-electron chi connectivity index (χ0n) is 17.6. The molecule has 0 fully saturated rings. The van der Waals surface area contributed by atoms with Crippen molar-refractivity contribution in [2.45, 2.75) is 19.8 Å². The average molecular weight is 490 g/mol. The second kappa shape index (κ2) is 10.3. The van der Waals surface area contributed by atoms with Gasteiger partial charge < -0.3 is 19.1 Å². The van der Waals surface area contributed by atoms with Crippen LogP contribution in [0.15, 0.2) is 39.9 Å². The Morgan fingerprint density at radius 3 is 2.71 bits per heavy atom. The Hall–Kier alpha value is -3.07. The smallest absolute Gasteiger partial charge is 0.271 e. The van der Waals surface area contributed by atoms with Gasteiger partial charge in [0.2, 0.25) is 18.4 Å². The summed E-state index contributed by atoms with van der Waals surface area (Å²) in [5, 5.41) is 4.12. The van der Waals surface area contributed by atoms with Crippen molar-refractivity contribution in [2.24, 2.45) is 5.10 Å². The number of nitrogens with one attached hydrogen (secondary N) is 1. The molecule has 0 bridgehead atoms. The van der Waals surface area contributed by atoms with Gasteiger partial charge in [0, 0.05) is 35.6 Å². The number of amides is 2. The number of carbonyl (C=O) groups is 2. The van der Waals surface area contributed by atoms with E-state index in [1.807, 2.05) is 13.0 Å². The first-order chi connectivity index (χ1) is 14.9. The molecule has 2 aromatic carbocycles. The van der Waals surface area contributed by atoms with Gasteiger partial charge in [-0.3, -0.25) is 9.59 Å². The minimum atomic E-state index is -0.335. The second-order valence-electron chi connectivity index (χ2n) is 6.84. The van der Waals surface area contributed by atoms with Crippen LogP contribution in [0.1, 0.15) is 34.8 Å². The monoisotopic (exact) mass is 489 g/mol. The largest absolute Gasteiger partial charge is 0.492 e. The summed E-state index contributed by atoms with van der Waals surface area (Å²) in [6, 6.07) is 8.81. The summed E-state index contributed by atoms with van der Waals surface area (Å²) in [4.78, 5) is 25.9. The van der Waals surface area contributed by atoms with Gasteiger partial charge in [0.05, 0.1) is 13.3 Å². The third-order valence-electron chi connectivity index (χ3n) is 4.86. The fourth-order valence-electron chi connectivity index (χ4n) is 3.13. The molecule has 2 amide bonds. The fourth-order valence-corrected chi connectivity index (χ4v) is 3.40. The van der Waals surface area contributed by atoms with Crippen LogP contribution in [0.4, 0.5) is 0 Å². The number of fused-ring (bicyclic) bond motifs is 1. The number of nitrogens with zero attached hydrogens (tertiary/aromatic N) is 2. The van der Waals surface area contributed by atoms with Crippen LogP contribution in [0.3, 0.4) is 0 Å². The zero-order valence-corrected chi connectivity index (χ0v) is 19.2. The Morgan fingerprint density at radius 1 is 1.29 bits per heavy atom. The third-order valence-corrected chi connectivity index (χ3v) is 5.39. The minimum absolute atomic E-state index is 0.0599. The van der Waals surface area contributed by atoms with Gasteiger partial charge in [-0.1, -0.05) is 22.9 Å². The molecule has 1 heterocycles. The number of hydrogen-bond acceptors (Lipinski definition) is 6. The second-order valence-corrected chi connectivity index (χ2v) is 7.76. The van der Waals surface area contributed by atoms with Crippen molar-refractivity contribution in [1.29, 1.82) is 0 Å². The molecule has 0 atom stereocenters. The van der Waals surface area contributed by atoms with Gasteiger partial charge in [-0.2, -0.15) is 5.10 Å². The molecule has 9 heteroatoms. The predicted molar refractivity (Wildman–Crippen MR) is 120 cm³/mol. The topological polar surface area (TPSA) is 89.5 Å². The molecule has 0 aromatic heterocycles. The van der Waals surface area contributed by atoms with Gasteiger partial charge in [-0.05, 0) is 42.3 Å². The first-order valence-electron chi connectivity index (χ1n) is 9.77.